The minimum Gasteiger partial charge on any atom is -0.103 e. The Balaban J connectivity index is 0.000000310. The van der Waals surface area contributed by atoms with Crippen molar-refractivity contribution in [2.45, 2.75) is 53.4 Å². The van der Waals surface area contributed by atoms with Gasteiger partial charge in [0, 0.05) is 0 Å². The molecule has 0 heteroatoms. The van der Waals surface area contributed by atoms with Crippen LogP contribution in [0.3, 0.4) is 0 Å². The molecule has 1 rings (SSSR count). The Labute approximate surface area is 83.7 Å². The van der Waals surface area contributed by atoms with Crippen LogP contribution in [0, 0.1) is 5.41 Å². The van der Waals surface area contributed by atoms with Gasteiger partial charge in [-0.2, -0.15) is 0 Å². The lowest BCUT2D eigenvalue weighted by Crippen LogP contribution is -2.13. The van der Waals surface area contributed by atoms with Gasteiger partial charge in [-0.15, -0.1) is 6.58 Å². The molecule has 0 radical (unpaired) electrons. The van der Waals surface area contributed by atoms with E-state index in [-0.39, 0.29) is 0 Å². The van der Waals surface area contributed by atoms with Gasteiger partial charge >= 0.3 is 0 Å². The maximum atomic E-state index is 3.48. The standard InChI is InChI=1S/C9H16.C4H8/c1-8-4-6-9(2,3)7-5-8;1-3-4-2/h4H,5-7H2,1-3H3;3H,1,4H2,2H3. The van der Waals surface area contributed by atoms with Crippen molar-refractivity contribution in [2.24, 2.45) is 5.41 Å². The molecule has 0 atom stereocenters. The van der Waals surface area contributed by atoms with Crippen LogP contribution in [0.15, 0.2) is 24.3 Å². The van der Waals surface area contributed by atoms with Gasteiger partial charge < -0.3 is 0 Å². The molecule has 0 saturated carbocycles. The van der Waals surface area contributed by atoms with Crippen LogP contribution in [0.25, 0.3) is 0 Å². The number of hydrogen-bond acceptors (Lipinski definition) is 0. The molecule has 0 amide bonds. The highest BCUT2D eigenvalue weighted by atomic mass is 14.2. The SMILES string of the molecule is C=CCC.CC1=CCC(C)(C)CC1. The van der Waals surface area contributed by atoms with Crippen LogP contribution < -0.4 is 0 Å². The molecule has 0 heterocycles. The lowest BCUT2D eigenvalue weighted by atomic mass is 9.79. The zero-order valence-corrected chi connectivity index (χ0v) is 9.69. The van der Waals surface area contributed by atoms with Crippen LogP contribution in [0.4, 0.5) is 0 Å². The Hall–Kier alpha value is -0.520. The first-order chi connectivity index (χ1) is 6.02. The first kappa shape index (κ1) is 12.5. The van der Waals surface area contributed by atoms with Crippen LogP contribution in [0.5, 0.6) is 0 Å². The molecule has 0 aromatic heterocycles. The molecular formula is C13H24. The van der Waals surface area contributed by atoms with E-state index >= 15 is 0 Å². The van der Waals surface area contributed by atoms with Gasteiger partial charge in [-0.3, -0.25) is 0 Å². The van der Waals surface area contributed by atoms with Crippen molar-refractivity contribution in [3.8, 4) is 0 Å². The summed E-state index contributed by atoms with van der Waals surface area (Å²) in [6, 6.07) is 0. The van der Waals surface area contributed by atoms with E-state index < -0.39 is 0 Å². The summed E-state index contributed by atoms with van der Waals surface area (Å²) in [5, 5.41) is 0. The van der Waals surface area contributed by atoms with Crippen molar-refractivity contribution in [2.75, 3.05) is 0 Å². The fourth-order valence-electron chi connectivity index (χ4n) is 1.19. The number of hydrogen-bond donors (Lipinski definition) is 0. The third-order valence-electron chi connectivity index (χ3n) is 2.49. The second-order valence-electron chi connectivity index (χ2n) is 4.62. The average molecular weight is 180 g/mol. The van der Waals surface area contributed by atoms with E-state index in [2.05, 4.69) is 40.3 Å². The number of allylic oxidation sites excluding steroid dienone is 3. The lowest BCUT2D eigenvalue weighted by molar-refractivity contribution is 0.325. The summed E-state index contributed by atoms with van der Waals surface area (Å²) < 4.78 is 0. The molecule has 0 saturated heterocycles. The molecule has 0 unspecified atom stereocenters. The summed E-state index contributed by atoms with van der Waals surface area (Å²) in [5.74, 6) is 0. The van der Waals surface area contributed by atoms with E-state index in [1.54, 1.807) is 5.57 Å². The fourth-order valence-corrected chi connectivity index (χ4v) is 1.19. The molecule has 0 aliphatic heterocycles. The van der Waals surface area contributed by atoms with Crippen molar-refractivity contribution in [1.29, 1.82) is 0 Å². The Kier molecular flexibility index (Phi) is 5.77. The summed E-state index contributed by atoms with van der Waals surface area (Å²) in [4.78, 5) is 0. The van der Waals surface area contributed by atoms with Crippen LogP contribution in [-0.4, -0.2) is 0 Å². The highest BCUT2D eigenvalue weighted by Crippen LogP contribution is 2.33. The van der Waals surface area contributed by atoms with Crippen molar-refractivity contribution in [1.82, 2.24) is 0 Å². The molecule has 13 heavy (non-hydrogen) atoms. The second-order valence-corrected chi connectivity index (χ2v) is 4.62. The fraction of sp³-hybridized carbons (Fsp3) is 0.692. The smallest absolute Gasteiger partial charge is 0.0296 e. The monoisotopic (exact) mass is 180 g/mol. The van der Waals surface area contributed by atoms with E-state index in [4.69, 9.17) is 0 Å². The summed E-state index contributed by atoms with van der Waals surface area (Å²) in [5.41, 5.74) is 2.16. The Morgan fingerprint density at radius 3 is 2.31 bits per heavy atom. The van der Waals surface area contributed by atoms with Gasteiger partial charge in [-0.25, -0.2) is 0 Å². The van der Waals surface area contributed by atoms with Gasteiger partial charge in [-0.1, -0.05) is 38.5 Å². The van der Waals surface area contributed by atoms with Crippen LogP contribution in [0.1, 0.15) is 53.4 Å². The zero-order valence-electron chi connectivity index (χ0n) is 9.69. The third kappa shape index (κ3) is 6.62. The van der Waals surface area contributed by atoms with Gasteiger partial charge in [-0.05, 0) is 38.0 Å². The van der Waals surface area contributed by atoms with E-state index in [1.165, 1.54) is 19.3 Å². The molecule has 1 aliphatic rings. The Morgan fingerprint density at radius 2 is 2.08 bits per heavy atom. The molecule has 1 aliphatic carbocycles. The Morgan fingerprint density at radius 1 is 1.54 bits per heavy atom. The van der Waals surface area contributed by atoms with Crippen molar-refractivity contribution in [3.05, 3.63) is 24.3 Å². The average Bonchev–Trinajstić information content (AvgIpc) is 2.11. The van der Waals surface area contributed by atoms with Gasteiger partial charge in [0.05, 0.1) is 0 Å². The van der Waals surface area contributed by atoms with Crippen molar-refractivity contribution >= 4 is 0 Å². The van der Waals surface area contributed by atoms with E-state index in [9.17, 15) is 0 Å². The predicted molar refractivity (Wildman–Crippen MR) is 61.9 cm³/mol. The quantitative estimate of drug-likeness (QED) is 0.512. The summed E-state index contributed by atoms with van der Waals surface area (Å²) >= 11 is 0. The maximum absolute atomic E-state index is 3.48. The minimum absolute atomic E-state index is 0.583. The highest BCUT2D eigenvalue weighted by Gasteiger charge is 2.19. The first-order valence-corrected chi connectivity index (χ1v) is 5.28. The third-order valence-corrected chi connectivity index (χ3v) is 2.49. The molecule has 0 aromatic rings. The number of rotatable bonds is 1. The molecule has 0 nitrogen and oxygen atoms in total. The molecule has 76 valence electrons. The lowest BCUT2D eigenvalue weighted by Gasteiger charge is -2.27. The van der Waals surface area contributed by atoms with Crippen molar-refractivity contribution in [3.63, 3.8) is 0 Å². The summed E-state index contributed by atoms with van der Waals surface area (Å²) in [6.45, 7) is 12.5. The summed E-state index contributed by atoms with van der Waals surface area (Å²) in [6.07, 6.45) is 9.30. The van der Waals surface area contributed by atoms with E-state index in [1.807, 2.05) is 6.08 Å². The molecule has 0 aromatic carbocycles. The summed E-state index contributed by atoms with van der Waals surface area (Å²) in [7, 11) is 0. The predicted octanol–water partition coefficient (Wildman–Crippen LogP) is 4.73. The van der Waals surface area contributed by atoms with Crippen molar-refractivity contribution < 1.29 is 0 Å². The molecular weight excluding hydrogens is 156 g/mol. The van der Waals surface area contributed by atoms with Crippen LogP contribution >= 0.6 is 0 Å². The minimum atomic E-state index is 0.583. The molecule has 0 fully saturated rings. The largest absolute Gasteiger partial charge is 0.103 e. The molecule has 0 bridgehead atoms. The molecule has 0 N–H and O–H groups in total. The van der Waals surface area contributed by atoms with Gasteiger partial charge in [0.25, 0.3) is 0 Å². The second kappa shape index (κ2) is 6.01. The van der Waals surface area contributed by atoms with Crippen LogP contribution in [-0.2, 0) is 0 Å². The van der Waals surface area contributed by atoms with E-state index in [0.29, 0.717) is 5.41 Å². The van der Waals surface area contributed by atoms with E-state index in [0.717, 1.165) is 6.42 Å². The highest BCUT2D eigenvalue weighted by molar-refractivity contribution is 5.04. The van der Waals surface area contributed by atoms with Crippen LogP contribution in [0.2, 0.25) is 0 Å². The molecule has 0 spiro atoms. The van der Waals surface area contributed by atoms with Gasteiger partial charge in [0.15, 0.2) is 0 Å². The Bertz CT molecular complexity index is 172. The topological polar surface area (TPSA) is 0 Å². The van der Waals surface area contributed by atoms with Gasteiger partial charge in [0.2, 0.25) is 0 Å². The van der Waals surface area contributed by atoms with Gasteiger partial charge in [0.1, 0.15) is 0 Å². The zero-order chi connectivity index (χ0) is 10.3. The normalized spacial score (nSPS) is 19.5. The maximum Gasteiger partial charge on any atom is -0.0296 e. The first-order valence-electron chi connectivity index (χ1n) is 5.28.